The third-order valence-corrected chi connectivity index (χ3v) is 2.52. The Kier molecular flexibility index (Phi) is 4.10. The van der Waals surface area contributed by atoms with Gasteiger partial charge >= 0.3 is 0 Å². The van der Waals surface area contributed by atoms with Crippen molar-refractivity contribution in [2.24, 2.45) is 0 Å². The number of ether oxygens (including phenoxy) is 1. The van der Waals surface area contributed by atoms with Gasteiger partial charge in [0.2, 0.25) is 5.91 Å². The molecule has 0 aliphatic heterocycles. The molecule has 0 aliphatic rings. The van der Waals surface area contributed by atoms with Gasteiger partial charge in [-0.05, 0) is 24.3 Å². The maximum absolute atomic E-state index is 11.1. The molecule has 0 spiro atoms. The first-order chi connectivity index (χ1) is 9.56. The lowest BCUT2D eigenvalue weighted by atomic mass is 10.2. The molecule has 0 radical (unpaired) electrons. The van der Waals surface area contributed by atoms with Crippen LogP contribution in [-0.4, -0.2) is 16.7 Å². The number of amides is 1. The van der Waals surface area contributed by atoms with Crippen molar-refractivity contribution in [1.29, 1.82) is 0 Å². The standard InChI is InChI=1S/C15H14N2O3/c1-10(18)13-8-7-12(9-16-13)20-15-6-4-3-5-14(15)17-11(2)19/h3-9H,1-2H3,(H,17,19). The molecule has 2 rings (SSSR count). The summed E-state index contributed by atoms with van der Waals surface area (Å²) in [5, 5.41) is 2.68. The third-order valence-electron chi connectivity index (χ3n) is 2.52. The third kappa shape index (κ3) is 3.41. The quantitative estimate of drug-likeness (QED) is 0.867. The van der Waals surface area contributed by atoms with Crippen LogP contribution in [0.25, 0.3) is 0 Å². The number of aromatic nitrogens is 1. The number of Topliss-reactive ketones (excluding diaryl/α,β-unsaturated/α-hetero) is 1. The van der Waals surface area contributed by atoms with Crippen LogP contribution < -0.4 is 10.1 Å². The molecule has 5 nitrogen and oxygen atoms in total. The Morgan fingerprint density at radius 1 is 1.10 bits per heavy atom. The topological polar surface area (TPSA) is 68.3 Å². The predicted octanol–water partition coefficient (Wildman–Crippen LogP) is 3.03. The SMILES string of the molecule is CC(=O)Nc1ccccc1Oc1ccc(C(C)=O)nc1. The lowest BCUT2D eigenvalue weighted by Crippen LogP contribution is -2.06. The minimum Gasteiger partial charge on any atom is -0.454 e. The van der Waals surface area contributed by atoms with E-state index in [4.69, 9.17) is 4.74 Å². The van der Waals surface area contributed by atoms with Crippen molar-refractivity contribution < 1.29 is 14.3 Å². The van der Waals surface area contributed by atoms with Gasteiger partial charge in [0.15, 0.2) is 11.5 Å². The number of carbonyl (C=O) groups is 2. The Labute approximate surface area is 116 Å². The summed E-state index contributed by atoms with van der Waals surface area (Å²) in [6, 6.07) is 10.3. The fourth-order valence-corrected chi connectivity index (χ4v) is 1.62. The van der Waals surface area contributed by atoms with Gasteiger partial charge in [-0.25, -0.2) is 4.98 Å². The Hall–Kier alpha value is -2.69. The number of pyridine rings is 1. The summed E-state index contributed by atoms with van der Waals surface area (Å²) in [6.07, 6.45) is 1.47. The molecule has 1 amide bonds. The number of para-hydroxylation sites is 2. The Balaban J connectivity index is 2.21. The first-order valence-corrected chi connectivity index (χ1v) is 6.08. The van der Waals surface area contributed by atoms with E-state index in [1.807, 2.05) is 0 Å². The molecular weight excluding hydrogens is 256 g/mol. The van der Waals surface area contributed by atoms with Crippen LogP contribution >= 0.6 is 0 Å². The van der Waals surface area contributed by atoms with E-state index in [9.17, 15) is 9.59 Å². The molecule has 0 saturated carbocycles. The average Bonchev–Trinajstić information content (AvgIpc) is 2.41. The first kappa shape index (κ1) is 13.7. The molecule has 1 aromatic carbocycles. The maximum Gasteiger partial charge on any atom is 0.221 e. The van der Waals surface area contributed by atoms with Crippen molar-refractivity contribution in [3.63, 3.8) is 0 Å². The van der Waals surface area contributed by atoms with Gasteiger partial charge in [-0.15, -0.1) is 0 Å². The van der Waals surface area contributed by atoms with E-state index in [2.05, 4.69) is 10.3 Å². The van der Waals surface area contributed by atoms with E-state index in [-0.39, 0.29) is 11.7 Å². The monoisotopic (exact) mass is 270 g/mol. The number of nitrogens with one attached hydrogen (secondary N) is 1. The molecule has 1 N–H and O–H groups in total. The highest BCUT2D eigenvalue weighted by Gasteiger charge is 2.07. The number of ketones is 1. The predicted molar refractivity (Wildman–Crippen MR) is 75.1 cm³/mol. The second-order valence-corrected chi connectivity index (χ2v) is 4.21. The average molecular weight is 270 g/mol. The van der Waals surface area contributed by atoms with Gasteiger partial charge in [0, 0.05) is 13.8 Å². The van der Waals surface area contributed by atoms with E-state index in [1.54, 1.807) is 36.4 Å². The minimum atomic E-state index is -0.175. The summed E-state index contributed by atoms with van der Waals surface area (Å²) < 4.78 is 5.66. The smallest absolute Gasteiger partial charge is 0.221 e. The fourth-order valence-electron chi connectivity index (χ4n) is 1.62. The molecule has 0 atom stereocenters. The van der Waals surface area contributed by atoms with E-state index in [0.717, 1.165) is 0 Å². The Morgan fingerprint density at radius 3 is 2.45 bits per heavy atom. The van der Waals surface area contributed by atoms with Crippen molar-refractivity contribution in [1.82, 2.24) is 4.98 Å². The lowest BCUT2D eigenvalue weighted by Gasteiger charge is -2.11. The Morgan fingerprint density at radius 2 is 1.85 bits per heavy atom. The minimum absolute atomic E-state index is 0.102. The number of carbonyl (C=O) groups excluding carboxylic acids is 2. The molecule has 0 aliphatic carbocycles. The molecule has 102 valence electrons. The zero-order valence-electron chi connectivity index (χ0n) is 11.2. The van der Waals surface area contributed by atoms with E-state index < -0.39 is 0 Å². The zero-order chi connectivity index (χ0) is 14.5. The number of hydrogen-bond acceptors (Lipinski definition) is 4. The van der Waals surface area contributed by atoms with Crippen molar-refractivity contribution >= 4 is 17.4 Å². The van der Waals surface area contributed by atoms with Crippen LogP contribution in [0.5, 0.6) is 11.5 Å². The molecule has 20 heavy (non-hydrogen) atoms. The molecule has 0 bridgehead atoms. The molecule has 0 saturated heterocycles. The van der Waals surface area contributed by atoms with Gasteiger partial charge in [-0.3, -0.25) is 9.59 Å². The van der Waals surface area contributed by atoms with Gasteiger partial charge in [-0.1, -0.05) is 12.1 Å². The summed E-state index contributed by atoms with van der Waals surface area (Å²) in [4.78, 5) is 26.3. The van der Waals surface area contributed by atoms with E-state index in [0.29, 0.717) is 22.9 Å². The first-order valence-electron chi connectivity index (χ1n) is 6.08. The van der Waals surface area contributed by atoms with Crippen LogP contribution in [0.15, 0.2) is 42.6 Å². The number of anilines is 1. The second kappa shape index (κ2) is 5.97. The van der Waals surface area contributed by atoms with Gasteiger partial charge in [0.05, 0.1) is 11.9 Å². The zero-order valence-corrected chi connectivity index (χ0v) is 11.2. The van der Waals surface area contributed by atoms with Crippen LogP contribution in [0, 0.1) is 0 Å². The van der Waals surface area contributed by atoms with Crippen molar-refractivity contribution in [2.75, 3.05) is 5.32 Å². The van der Waals surface area contributed by atoms with Crippen molar-refractivity contribution in [2.45, 2.75) is 13.8 Å². The molecule has 1 heterocycles. The number of hydrogen-bond donors (Lipinski definition) is 1. The normalized spacial score (nSPS) is 9.90. The molecular formula is C15H14N2O3. The summed E-state index contributed by atoms with van der Waals surface area (Å²) in [6.45, 7) is 2.88. The highest BCUT2D eigenvalue weighted by Crippen LogP contribution is 2.28. The number of rotatable bonds is 4. The number of nitrogens with zero attached hydrogens (tertiary/aromatic N) is 1. The van der Waals surface area contributed by atoms with Gasteiger partial charge in [0.25, 0.3) is 0 Å². The highest BCUT2D eigenvalue weighted by atomic mass is 16.5. The molecule has 2 aromatic rings. The summed E-state index contributed by atoms with van der Waals surface area (Å²) in [7, 11) is 0. The van der Waals surface area contributed by atoms with Gasteiger partial charge in [-0.2, -0.15) is 0 Å². The number of benzene rings is 1. The summed E-state index contributed by atoms with van der Waals surface area (Å²) >= 11 is 0. The largest absolute Gasteiger partial charge is 0.454 e. The van der Waals surface area contributed by atoms with Crippen molar-refractivity contribution in [3.05, 3.63) is 48.3 Å². The summed E-state index contributed by atoms with van der Waals surface area (Å²) in [5.74, 6) is 0.731. The lowest BCUT2D eigenvalue weighted by molar-refractivity contribution is -0.114. The molecule has 0 unspecified atom stereocenters. The maximum atomic E-state index is 11.1. The van der Waals surface area contributed by atoms with E-state index in [1.165, 1.54) is 20.0 Å². The van der Waals surface area contributed by atoms with Crippen LogP contribution in [-0.2, 0) is 4.79 Å². The second-order valence-electron chi connectivity index (χ2n) is 4.21. The fraction of sp³-hybridized carbons (Fsp3) is 0.133. The highest BCUT2D eigenvalue weighted by molar-refractivity contribution is 5.92. The van der Waals surface area contributed by atoms with Crippen molar-refractivity contribution in [3.8, 4) is 11.5 Å². The Bertz CT molecular complexity index is 636. The van der Waals surface area contributed by atoms with E-state index >= 15 is 0 Å². The molecule has 1 aromatic heterocycles. The van der Waals surface area contributed by atoms with Gasteiger partial charge in [0.1, 0.15) is 11.4 Å². The van der Waals surface area contributed by atoms with Crippen LogP contribution in [0.4, 0.5) is 5.69 Å². The molecule has 5 heteroatoms. The summed E-state index contributed by atoms with van der Waals surface area (Å²) in [5.41, 5.74) is 0.961. The molecule has 0 fully saturated rings. The van der Waals surface area contributed by atoms with Crippen LogP contribution in [0.3, 0.4) is 0 Å². The van der Waals surface area contributed by atoms with Gasteiger partial charge < -0.3 is 10.1 Å². The van der Waals surface area contributed by atoms with Crippen LogP contribution in [0.1, 0.15) is 24.3 Å². The van der Waals surface area contributed by atoms with Crippen LogP contribution in [0.2, 0.25) is 0 Å².